The van der Waals surface area contributed by atoms with Crippen LogP contribution in [0.2, 0.25) is 0 Å². The first-order chi connectivity index (χ1) is 7.72. The SMILES string of the molecule is CCCn1ccnc1CC1CCC(O)C1C. The summed E-state index contributed by atoms with van der Waals surface area (Å²) in [4.78, 5) is 4.44. The van der Waals surface area contributed by atoms with Crippen molar-refractivity contribution < 1.29 is 5.11 Å². The Balaban J connectivity index is 2.00. The molecule has 3 unspecified atom stereocenters. The predicted molar refractivity (Wildman–Crippen MR) is 64.1 cm³/mol. The van der Waals surface area contributed by atoms with E-state index in [0.29, 0.717) is 11.8 Å². The maximum atomic E-state index is 9.74. The van der Waals surface area contributed by atoms with Crippen LogP contribution in [0, 0.1) is 11.8 Å². The molecule has 1 aliphatic rings. The van der Waals surface area contributed by atoms with Gasteiger partial charge in [0.05, 0.1) is 6.10 Å². The van der Waals surface area contributed by atoms with Crippen LogP contribution in [0.1, 0.15) is 38.9 Å². The first kappa shape index (κ1) is 11.6. The number of aromatic nitrogens is 2. The molecule has 0 radical (unpaired) electrons. The lowest BCUT2D eigenvalue weighted by molar-refractivity contribution is 0.127. The van der Waals surface area contributed by atoms with E-state index in [1.54, 1.807) is 0 Å². The molecule has 1 aliphatic carbocycles. The topological polar surface area (TPSA) is 38.0 Å². The molecule has 1 saturated carbocycles. The van der Waals surface area contributed by atoms with Crippen LogP contribution in [0.5, 0.6) is 0 Å². The monoisotopic (exact) mass is 222 g/mol. The Morgan fingerprint density at radius 1 is 1.50 bits per heavy atom. The third-order valence-electron chi connectivity index (χ3n) is 3.89. The smallest absolute Gasteiger partial charge is 0.108 e. The number of rotatable bonds is 4. The minimum atomic E-state index is -0.0976. The van der Waals surface area contributed by atoms with Crippen molar-refractivity contribution >= 4 is 0 Å². The summed E-state index contributed by atoms with van der Waals surface area (Å²) >= 11 is 0. The van der Waals surface area contributed by atoms with E-state index in [9.17, 15) is 5.11 Å². The van der Waals surface area contributed by atoms with E-state index < -0.39 is 0 Å². The van der Waals surface area contributed by atoms with Crippen molar-refractivity contribution in [2.45, 2.75) is 52.2 Å². The second-order valence-electron chi connectivity index (χ2n) is 5.00. The van der Waals surface area contributed by atoms with Gasteiger partial charge in [0.1, 0.15) is 5.82 Å². The van der Waals surface area contributed by atoms with Crippen LogP contribution in [0.25, 0.3) is 0 Å². The molecule has 0 amide bonds. The van der Waals surface area contributed by atoms with Crippen molar-refractivity contribution in [1.82, 2.24) is 9.55 Å². The molecule has 16 heavy (non-hydrogen) atoms. The van der Waals surface area contributed by atoms with E-state index in [0.717, 1.165) is 32.2 Å². The maximum absolute atomic E-state index is 9.74. The van der Waals surface area contributed by atoms with Gasteiger partial charge < -0.3 is 9.67 Å². The average molecular weight is 222 g/mol. The Morgan fingerprint density at radius 3 is 2.94 bits per heavy atom. The fourth-order valence-corrected chi connectivity index (χ4v) is 2.72. The van der Waals surface area contributed by atoms with E-state index >= 15 is 0 Å². The lowest BCUT2D eigenvalue weighted by Crippen LogP contribution is -2.18. The number of hydrogen-bond donors (Lipinski definition) is 1. The predicted octanol–water partition coefficient (Wildman–Crippen LogP) is 2.24. The molecule has 0 saturated heterocycles. The summed E-state index contributed by atoms with van der Waals surface area (Å²) in [5.74, 6) is 2.22. The second-order valence-corrected chi connectivity index (χ2v) is 5.00. The lowest BCUT2D eigenvalue weighted by Gasteiger charge is -2.17. The van der Waals surface area contributed by atoms with Crippen molar-refractivity contribution in [1.29, 1.82) is 0 Å². The Bertz CT molecular complexity index is 334. The molecule has 1 aromatic heterocycles. The lowest BCUT2D eigenvalue weighted by atomic mass is 9.93. The Morgan fingerprint density at radius 2 is 2.31 bits per heavy atom. The minimum Gasteiger partial charge on any atom is -0.393 e. The van der Waals surface area contributed by atoms with E-state index in [4.69, 9.17) is 0 Å². The van der Waals surface area contributed by atoms with Crippen LogP contribution >= 0.6 is 0 Å². The molecule has 0 bridgehead atoms. The van der Waals surface area contributed by atoms with E-state index in [1.807, 2.05) is 6.20 Å². The summed E-state index contributed by atoms with van der Waals surface area (Å²) in [6.07, 6.45) is 8.12. The van der Waals surface area contributed by atoms with Gasteiger partial charge in [-0.25, -0.2) is 4.98 Å². The van der Waals surface area contributed by atoms with E-state index in [-0.39, 0.29) is 6.10 Å². The first-order valence-electron chi connectivity index (χ1n) is 6.40. The quantitative estimate of drug-likeness (QED) is 0.848. The molecule has 3 atom stereocenters. The number of aliphatic hydroxyl groups is 1. The van der Waals surface area contributed by atoms with Gasteiger partial charge in [-0.05, 0) is 31.1 Å². The highest BCUT2D eigenvalue weighted by atomic mass is 16.3. The highest BCUT2D eigenvalue weighted by Gasteiger charge is 2.31. The van der Waals surface area contributed by atoms with Crippen LogP contribution in [0.4, 0.5) is 0 Å². The Kier molecular flexibility index (Phi) is 3.64. The molecule has 3 heteroatoms. The highest BCUT2D eigenvalue weighted by Crippen LogP contribution is 2.33. The standard InChI is InChI=1S/C13H22N2O/c1-3-7-15-8-6-14-13(15)9-11-4-5-12(16)10(11)2/h6,8,10-12,16H,3-5,7,9H2,1-2H3. The van der Waals surface area contributed by atoms with Gasteiger partial charge in [-0.3, -0.25) is 0 Å². The molecule has 1 aromatic rings. The number of nitrogens with zero attached hydrogens (tertiary/aromatic N) is 2. The zero-order valence-electron chi connectivity index (χ0n) is 10.3. The van der Waals surface area contributed by atoms with Crippen LogP contribution in [-0.2, 0) is 13.0 Å². The number of hydrogen-bond acceptors (Lipinski definition) is 2. The van der Waals surface area contributed by atoms with Gasteiger partial charge in [0.2, 0.25) is 0 Å². The number of aryl methyl sites for hydroxylation is 1. The van der Waals surface area contributed by atoms with Crippen LogP contribution in [0.3, 0.4) is 0 Å². The van der Waals surface area contributed by atoms with E-state index in [1.165, 1.54) is 5.82 Å². The third kappa shape index (κ3) is 2.29. The third-order valence-corrected chi connectivity index (χ3v) is 3.89. The molecule has 2 rings (SSSR count). The molecule has 0 spiro atoms. The maximum Gasteiger partial charge on any atom is 0.108 e. The zero-order valence-corrected chi connectivity index (χ0v) is 10.3. The van der Waals surface area contributed by atoms with Gasteiger partial charge in [-0.15, -0.1) is 0 Å². The molecular weight excluding hydrogens is 200 g/mol. The summed E-state index contributed by atoms with van der Waals surface area (Å²) in [7, 11) is 0. The van der Waals surface area contributed by atoms with Crippen LogP contribution in [-0.4, -0.2) is 20.8 Å². The first-order valence-corrected chi connectivity index (χ1v) is 6.40. The minimum absolute atomic E-state index is 0.0976. The Labute approximate surface area is 97.5 Å². The zero-order chi connectivity index (χ0) is 11.5. The largest absolute Gasteiger partial charge is 0.393 e. The molecular formula is C13H22N2O. The summed E-state index contributed by atoms with van der Waals surface area (Å²) in [6, 6.07) is 0. The second kappa shape index (κ2) is 5.00. The molecule has 0 aromatic carbocycles. The summed E-state index contributed by atoms with van der Waals surface area (Å²) < 4.78 is 2.25. The van der Waals surface area contributed by atoms with Gasteiger partial charge in [-0.2, -0.15) is 0 Å². The normalized spacial score (nSPS) is 29.8. The summed E-state index contributed by atoms with van der Waals surface area (Å²) in [5.41, 5.74) is 0. The molecule has 1 heterocycles. The van der Waals surface area contributed by atoms with Crippen molar-refractivity contribution in [2.24, 2.45) is 11.8 Å². The molecule has 1 fully saturated rings. The Hall–Kier alpha value is -0.830. The average Bonchev–Trinajstić information content (AvgIpc) is 2.82. The molecule has 1 N–H and O–H groups in total. The van der Waals surface area contributed by atoms with Crippen LogP contribution in [0.15, 0.2) is 12.4 Å². The van der Waals surface area contributed by atoms with Crippen molar-refractivity contribution in [3.05, 3.63) is 18.2 Å². The molecule has 90 valence electrons. The van der Waals surface area contributed by atoms with Gasteiger partial charge in [0.25, 0.3) is 0 Å². The van der Waals surface area contributed by atoms with Gasteiger partial charge in [0.15, 0.2) is 0 Å². The van der Waals surface area contributed by atoms with Crippen molar-refractivity contribution in [3.63, 3.8) is 0 Å². The van der Waals surface area contributed by atoms with Gasteiger partial charge >= 0.3 is 0 Å². The fraction of sp³-hybridized carbons (Fsp3) is 0.769. The van der Waals surface area contributed by atoms with Crippen molar-refractivity contribution in [3.8, 4) is 0 Å². The van der Waals surface area contributed by atoms with Gasteiger partial charge in [-0.1, -0.05) is 13.8 Å². The summed E-state index contributed by atoms with van der Waals surface area (Å²) in [6.45, 7) is 5.40. The van der Waals surface area contributed by atoms with Crippen molar-refractivity contribution in [2.75, 3.05) is 0 Å². The molecule has 3 nitrogen and oxygen atoms in total. The highest BCUT2D eigenvalue weighted by molar-refractivity contribution is 4.97. The van der Waals surface area contributed by atoms with E-state index in [2.05, 4.69) is 29.6 Å². The number of imidazole rings is 1. The van der Waals surface area contributed by atoms with Crippen LogP contribution < -0.4 is 0 Å². The molecule has 0 aliphatic heterocycles. The fourth-order valence-electron chi connectivity index (χ4n) is 2.72. The number of aliphatic hydroxyl groups excluding tert-OH is 1. The van der Waals surface area contributed by atoms with Gasteiger partial charge in [0, 0.05) is 25.4 Å². The summed E-state index contributed by atoms with van der Waals surface area (Å²) in [5, 5.41) is 9.74.